The van der Waals surface area contributed by atoms with Crippen LogP contribution in [0.5, 0.6) is 0 Å². The number of hydrogen-bond acceptors (Lipinski definition) is 6. The SMILES string of the molecule is COCC(O)CCNC(=O)c1csc(-c2ccco2)n1. The summed E-state index contributed by atoms with van der Waals surface area (Å²) in [6.45, 7) is 0.631. The van der Waals surface area contributed by atoms with E-state index in [1.165, 1.54) is 18.4 Å². The van der Waals surface area contributed by atoms with Crippen molar-refractivity contribution in [3.8, 4) is 10.8 Å². The van der Waals surface area contributed by atoms with Crippen LogP contribution < -0.4 is 5.32 Å². The smallest absolute Gasteiger partial charge is 0.270 e. The third-order valence-corrected chi connectivity index (χ3v) is 3.45. The fourth-order valence-electron chi connectivity index (χ4n) is 1.61. The minimum atomic E-state index is -0.575. The summed E-state index contributed by atoms with van der Waals surface area (Å²) in [5.41, 5.74) is 0.350. The van der Waals surface area contributed by atoms with Gasteiger partial charge in [-0.05, 0) is 18.6 Å². The van der Waals surface area contributed by atoms with E-state index in [4.69, 9.17) is 9.15 Å². The van der Waals surface area contributed by atoms with E-state index in [-0.39, 0.29) is 12.5 Å². The van der Waals surface area contributed by atoms with E-state index in [1.54, 1.807) is 23.8 Å². The summed E-state index contributed by atoms with van der Waals surface area (Å²) in [4.78, 5) is 16.1. The Labute approximate surface area is 120 Å². The maximum absolute atomic E-state index is 11.9. The third kappa shape index (κ3) is 3.89. The molecule has 2 heterocycles. The molecule has 0 aromatic carbocycles. The van der Waals surface area contributed by atoms with Crippen LogP contribution in [0.25, 0.3) is 10.8 Å². The predicted molar refractivity (Wildman–Crippen MR) is 74.6 cm³/mol. The summed E-state index contributed by atoms with van der Waals surface area (Å²) in [6.07, 6.45) is 1.43. The highest BCUT2D eigenvalue weighted by molar-refractivity contribution is 7.13. The Morgan fingerprint density at radius 2 is 2.50 bits per heavy atom. The zero-order valence-electron chi connectivity index (χ0n) is 11.0. The van der Waals surface area contributed by atoms with E-state index in [0.717, 1.165) is 0 Å². The molecular formula is C13H16N2O4S. The molecule has 0 aliphatic rings. The van der Waals surface area contributed by atoms with Crippen molar-refractivity contribution in [3.63, 3.8) is 0 Å². The van der Waals surface area contributed by atoms with E-state index in [1.807, 2.05) is 0 Å². The van der Waals surface area contributed by atoms with E-state index < -0.39 is 6.10 Å². The van der Waals surface area contributed by atoms with Gasteiger partial charge in [-0.3, -0.25) is 4.79 Å². The molecular weight excluding hydrogens is 280 g/mol. The van der Waals surface area contributed by atoms with Crippen LogP contribution >= 0.6 is 11.3 Å². The average Bonchev–Trinajstić information content (AvgIpc) is 3.10. The molecule has 0 aliphatic heterocycles. The van der Waals surface area contributed by atoms with Crippen LogP contribution in [0.1, 0.15) is 16.9 Å². The van der Waals surface area contributed by atoms with Gasteiger partial charge in [-0.25, -0.2) is 4.98 Å². The lowest BCUT2D eigenvalue weighted by Gasteiger charge is -2.09. The number of methoxy groups -OCH3 is 1. The maximum atomic E-state index is 11.9. The van der Waals surface area contributed by atoms with E-state index in [0.29, 0.717) is 29.4 Å². The molecule has 0 fully saturated rings. The Morgan fingerprint density at radius 1 is 1.65 bits per heavy atom. The highest BCUT2D eigenvalue weighted by Crippen LogP contribution is 2.23. The molecule has 2 aromatic rings. The number of thiazole rings is 1. The Morgan fingerprint density at radius 3 is 3.20 bits per heavy atom. The highest BCUT2D eigenvalue weighted by Gasteiger charge is 2.13. The van der Waals surface area contributed by atoms with Gasteiger partial charge in [0.2, 0.25) is 0 Å². The van der Waals surface area contributed by atoms with Crippen molar-refractivity contribution < 1.29 is 19.1 Å². The Balaban J connectivity index is 1.84. The van der Waals surface area contributed by atoms with Gasteiger partial charge < -0.3 is 19.6 Å². The zero-order valence-corrected chi connectivity index (χ0v) is 11.9. The van der Waals surface area contributed by atoms with E-state index in [2.05, 4.69) is 10.3 Å². The number of carbonyl (C=O) groups is 1. The van der Waals surface area contributed by atoms with Gasteiger partial charge in [0.05, 0.1) is 19.0 Å². The van der Waals surface area contributed by atoms with Crippen LogP contribution in [0, 0.1) is 0 Å². The number of aromatic nitrogens is 1. The first-order valence-electron chi connectivity index (χ1n) is 6.15. The molecule has 0 aliphatic carbocycles. The van der Waals surface area contributed by atoms with Crippen molar-refractivity contribution in [2.75, 3.05) is 20.3 Å². The van der Waals surface area contributed by atoms with Crippen LogP contribution in [-0.2, 0) is 4.74 Å². The zero-order chi connectivity index (χ0) is 14.4. The Hall–Kier alpha value is -1.70. The molecule has 20 heavy (non-hydrogen) atoms. The minimum Gasteiger partial charge on any atom is -0.462 e. The van der Waals surface area contributed by atoms with Crippen molar-refractivity contribution in [1.29, 1.82) is 0 Å². The molecule has 0 spiro atoms. The molecule has 0 saturated carbocycles. The summed E-state index contributed by atoms with van der Waals surface area (Å²) >= 11 is 1.35. The second-order valence-corrected chi connectivity index (χ2v) is 5.03. The summed E-state index contributed by atoms with van der Waals surface area (Å²) in [5, 5.41) is 14.5. The Kier molecular flexibility index (Phi) is 5.28. The molecule has 2 N–H and O–H groups in total. The summed E-state index contributed by atoms with van der Waals surface area (Å²) in [6, 6.07) is 3.56. The molecule has 0 saturated heterocycles. The number of nitrogens with zero attached hydrogens (tertiary/aromatic N) is 1. The third-order valence-electron chi connectivity index (χ3n) is 2.59. The lowest BCUT2D eigenvalue weighted by atomic mass is 10.2. The molecule has 1 atom stereocenters. The number of rotatable bonds is 7. The maximum Gasteiger partial charge on any atom is 0.270 e. The molecule has 7 heteroatoms. The fourth-order valence-corrected chi connectivity index (χ4v) is 2.38. The molecule has 108 valence electrons. The molecule has 0 radical (unpaired) electrons. The summed E-state index contributed by atoms with van der Waals surface area (Å²) in [7, 11) is 1.52. The summed E-state index contributed by atoms with van der Waals surface area (Å²) < 4.78 is 10.0. The number of hydrogen-bond donors (Lipinski definition) is 2. The average molecular weight is 296 g/mol. The number of ether oxygens (including phenoxy) is 1. The topological polar surface area (TPSA) is 84.6 Å². The lowest BCUT2D eigenvalue weighted by molar-refractivity contribution is 0.0587. The monoisotopic (exact) mass is 296 g/mol. The number of carbonyl (C=O) groups excluding carboxylic acids is 1. The molecule has 2 rings (SSSR count). The van der Waals surface area contributed by atoms with Crippen LogP contribution in [0.15, 0.2) is 28.2 Å². The van der Waals surface area contributed by atoms with Crippen LogP contribution in [0.3, 0.4) is 0 Å². The molecule has 1 unspecified atom stereocenters. The van der Waals surface area contributed by atoms with Crippen molar-refractivity contribution in [2.45, 2.75) is 12.5 Å². The van der Waals surface area contributed by atoms with Crippen LogP contribution in [0.4, 0.5) is 0 Å². The van der Waals surface area contributed by atoms with Crippen molar-refractivity contribution in [2.24, 2.45) is 0 Å². The van der Waals surface area contributed by atoms with Gasteiger partial charge in [-0.1, -0.05) is 0 Å². The lowest BCUT2D eigenvalue weighted by Crippen LogP contribution is -2.28. The fraction of sp³-hybridized carbons (Fsp3) is 0.385. The van der Waals surface area contributed by atoms with Crippen LogP contribution in [0.2, 0.25) is 0 Å². The number of nitrogens with one attached hydrogen (secondary N) is 1. The first-order valence-corrected chi connectivity index (χ1v) is 7.03. The Bertz CT molecular complexity index is 538. The van der Waals surface area contributed by atoms with Crippen molar-refractivity contribution in [3.05, 3.63) is 29.5 Å². The number of amides is 1. The van der Waals surface area contributed by atoms with Gasteiger partial charge in [-0.15, -0.1) is 11.3 Å². The normalized spacial score (nSPS) is 12.3. The van der Waals surface area contributed by atoms with Gasteiger partial charge >= 0.3 is 0 Å². The van der Waals surface area contributed by atoms with Crippen molar-refractivity contribution in [1.82, 2.24) is 10.3 Å². The minimum absolute atomic E-state index is 0.259. The first-order chi connectivity index (χ1) is 9.70. The molecule has 1 amide bonds. The number of aliphatic hydroxyl groups excluding tert-OH is 1. The second-order valence-electron chi connectivity index (χ2n) is 4.17. The van der Waals surface area contributed by atoms with Crippen molar-refractivity contribution >= 4 is 17.2 Å². The van der Waals surface area contributed by atoms with Gasteiger partial charge in [-0.2, -0.15) is 0 Å². The standard InChI is InChI=1S/C13H16N2O4S/c1-18-7-9(16)4-5-14-12(17)10-8-20-13(15-10)11-3-2-6-19-11/h2-3,6,8-9,16H,4-5,7H2,1H3,(H,14,17). The predicted octanol–water partition coefficient (Wildman–Crippen LogP) is 1.53. The van der Waals surface area contributed by atoms with Crippen LogP contribution in [-0.4, -0.2) is 42.4 Å². The number of aliphatic hydroxyl groups is 1. The van der Waals surface area contributed by atoms with Gasteiger partial charge in [0, 0.05) is 19.0 Å². The van der Waals surface area contributed by atoms with Gasteiger partial charge in [0.25, 0.3) is 5.91 Å². The van der Waals surface area contributed by atoms with E-state index in [9.17, 15) is 9.90 Å². The van der Waals surface area contributed by atoms with Gasteiger partial charge in [0.1, 0.15) is 5.69 Å². The largest absolute Gasteiger partial charge is 0.462 e. The number of furan rings is 1. The first kappa shape index (κ1) is 14.7. The molecule has 0 bridgehead atoms. The van der Waals surface area contributed by atoms with Gasteiger partial charge in [0.15, 0.2) is 10.8 Å². The molecule has 6 nitrogen and oxygen atoms in total. The quantitative estimate of drug-likeness (QED) is 0.809. The molecule has 2 aromatic heterocycles. The highest BCUT2D eigenvalue weighted by atomic mass is 32.1. The summed E-state index contributed by atoms with van der Waals surface area (Å²) in [5.74, 6) is 0.383. The second kappa shape index (κ2) is 7.18. The van der Waals surface area contributed by atoms with E-state index >= 15 is 0 Å².